The van der Waals surface area contributed by atoms with Crippen LogP contribution in [0.2, 0.25) is 0 Å². The topological polar surface area (TPSA) is 55.8 Å². The molecule has 1 heterocycles. The van der Waals surface area contributed by atoms with Gasteiger partial charge in [0, 0.05) is 30.5 Å². The van der Waals surface area contributed by atoms with Crippen LogP contribution in [0, 0.1) is 0 Å². The van der Waals surface area contributed by atoms with Crippen molar-refractivity contribution >= 4 is 41.2 Å². The van der Waals surface area contributed by atoms with E-state index >= 15 is 0 Å². The zero-order valence-electron chi connectivity index (χ0n) is 11.4. The molecule has 0 aromatic carbocycles. The second-order valence-electron chi connectivity index (χ2n) is 4.35. The molecule has 0 amide bonds. The monoisotopic (exact) mass is 305 g/mol. The van der Waals surface area contributed by atoms with Crippen LogP contribution in [0.25, 0.3) is 0 Å². The Labute approximate surface area is 122 Å². The second kappa shape index (κ2) is 9.55. The average Bonchev–Trinajstić information content (AvgIpc) is 2.90. The van der Waals surface area contributed by atoms with Gasteiger partial charge in [0.25, 0.3) is 11.9 Å². The summed E-state index contributed by atoms with van der Waals surface area (Å²) in [4.78, 5) is 24.7. The molecule has 0 radical (unpaired) electrons. The highest BCUT2D eigenvalue weighted by Crippen LogP contribution is 2.32. The molecule has 1 rings (SSSR count). The fourth-order valence-electron chi connectivity index (χ4n) is 1.52. The van der Waals surface area contributed by atoms with Gasteiger partial charge in [-0.3, -0.25) is 9.59 Å². The summed E-state index contributed by atoms with van der Waals surface area (Å²) in [5.41, 5.74) is 0. The van der Waals surface area contributed by atoms with Crippen LogP contribution >= 0.6 is 21.6 Å². The van der Waals surface area contributed by atoms with Crippen LogP contribution in [0.3, 0.4) is 0 Å². The highest BCUT2D eigenvalue weighted by Gasteiger charge is 2.21. The molecule has 0 aromatic rings. The maximum absolute atomic E-state index is 11.5. The van der Waals surface area contributed by atoms with Gasteiger partial charge in [0.15, 0.2) is 0 Å². The van der Waals surface area contributed by atoms with Crippen molar-refractivity contribution in [1.29, 1.82) is 0 Å². The minimum absolute atomic E-state index is 0.267. The van der Waals surface area contributed by atoms with Crippen molar-refractivity contribution in [3.8, 4) is 0 Å². The maximum atomic E-state index is 11.5. The zero-order valence-corrected chi connectivity index (χ0v) is 13.1. The van der Waals surface area contributed by atoms with Gasteiger partial charge in [-0.05, 0) is 13.5 Å². The van der Waals surface area contributed by atoms with Crippen LogP contribution in [0.1, 0.15) is 26.2 Å². The molecule has 1 aliphatic heterocycles. The molecule has 0 N–H and O–H groups in total. The van der Waals surface area contributed by atoms with E-state index in [1.165, 1.54) is 0 Å². The van der Waals surface area contributed by atoms with Crippen molar-refractivity contribution in [2.45, 2.75) is 32.2 Å². The van der Waals surface area contributed by atoms with Gasteiger partial charge in [-0.1, -0.05) is 28.5 Å². The fraction of sp³-hybridized carbons (Fsp3) is 0.818. The Morgan fingerprint density at radius 3 is 2.37 bits per heavy atom. The third kappa shape index (κ3) is 7.13. The van der Waals surface area contributed by atoms with Gasteiger partial charge >= 0.3 is 7.69 Å². The predicted molar refractivity (Wildman–Crippen MR) is 80.2 cm³/mol. The summed E-state index contributed by atoms with van der Waals surface area (Å²) in [6.45, 7) is 2.57. The van der Waals surface area contributed by atoms with Crippen molar-refractivity contribution < 1.29 is 18.9 Å². The Morgan fingerprint density at radius 1 is 1.21 bits per heavy atom. The Hall–Kier alpha value is -0.335. The summed E-state index contributed by atoms with van der Waals surface area (Å²) in [6, 6.07) is 0.533. The van der Waals surface area contributed by atoms with E-state index in [-0.39, 0.29) is 19.6 Å². The highest BCUT2D eigenvalue weighted by atomic mass is 33.1. The minimum Gasteiger partial charge on any atom is -0.502 e. The van der Waals surface area contributed by atoms with Crippen LogP contribution in [0.4, 0.5) is 0 Å². The summed E-state index contributed by atoms with van der Waals surface area (Å²) in [5.74, 6) is 1.55. The van der Waals surface area contributed by atoms with Gasteiger partial charge < -0.3 is 14.2 Å². The first-order chi connectivity index (χ1) is 9.13. The van der Waals surface area contributed by atoms with E-state index in [2.05, 4.69) is 4.90 Å². The lowest BCUT2D eigenvalue weighted by atomic mass is 10.3. The Kier molecular flexibility index (Phi) is 8.40. The van der Waals surface area contributed by atoms with Gasteiger partial charge in [0.1, 0.15) is 0 Å². The van der Waals surface area contributed by atoms with E-state index in [0.29, 0.717) is 25.4 Å². The van der Waals surface area contributed by atoms with Gasteiger partial charge in [-0.2, -0.15) is 0 Å². The van der Waals surface area contributed by atoms with E-state index in [0.717, 1.165) is 17.9 Å². The van der Waals surface area contributed by atoms with Crippen LogP contribution in [0.5, 0.6) is 0 Å². The maximum Gasteiger partial charge on any atom is 0.580 e. The van der Waals surface area contributed by atoms with E-state index < -0.39 is 0 Å². The van der Waals surface area contributed by atoms with Crippen molar-refractivity contribution in [3.05, 3.63) is 0 Å². The summed E-state index contributed by atoms with van der Waals surface area (Å²) >= 11 is 0. The third-order valence-electron chi connectivity index (χ3n) is 2.79. The molecule has 19 heavy (non-hydrogen) atoms. The van der Waals surface area contributed by atoms with E-state index in [9.17, 15) is 9.59 Å². The molecule has 0 saturated carbocycles. The Balaban J connectivity index is 2.05. The van der Waals surface area contributed by atoms with Crippen LogP contribution in [-0.4, -0.2) is 55.7 Å². The van der Waals surface area contributed by atoms with E-state index in [1.54, 1.807) is 0 Å². The molecule has 108 valence electrons. The standard InChI is InChI=1S/C11H20BNO4S2/c1-3-4-10(14)16-12-17-11(15)5-6-13(2)9-7-18-19-8-9/h9,12H,3-8H2,1-2H3. The van der Waals surface area contributed by atoms with Gasteiger partial charge in [-0.15, -0.1) is 0 Å². The lowest BCUT2D eigenvalue weighted by Gasteiger charge is -2.22. The molecule has 1 aliphatic rings. The van der Waals surface area contributed by atoms with Crippen LogP contribution in [0.15, 0.2) is 0 Å². The van der Waals surface area contributed by atoms with Gasteiger partial charge in [-0.25, -0.2) is 0 Å². The minimum atomic E-state index is -0.326. The van der Waals surface area contributed by atoms with Gasteiger partial charge in [0.05, 0.1) is 6.42 Å². The molecule has 0 atom stereocenters. The van der Waals surface area contributed by atoms with Crippen LogP contribution < -0.4 is 0 Å². The Bertz CT molecular complexity index is 300. The van der Waals surface area contributed by atoms with Crippen LogP contribution in [-0.2, 0) is 18.9 Å². The largest absolute Gasteiger partial charge is 0.580 e. The molecular formula is C11H20BNO4S2. The molecular weight excluding hydrogens is 285 g/mol. The lowest BCUT2D eigenvalue weighted by Crippen LogP contribution is -2.35. The molecule has 1 saturated heterocycles. The number of hydrogen-bond acceptors (Lipinski definition) is 7. The first kappa shape index (κ1) is 16.7. The van der Waals surface area contributed by atoms with E-state index in [4.69, 9.17) is 9.31 Å². The molecule has 0 bridgehead atoms. The van der Waals surface area contributed by atoms with E-state index in [1.807, 2.05) is 35.6 Å². The molecule has 8 heteroatoms. The normalized spacial score (nSPS) is 15.5. The fourth-order valence-corrected chi connectivity index (χ4v) is 4.44. The molecule has 1 fully saturated rings. The first-order valence-electron chi connectivity index (χ1n) is 6.39. The summed E-state index contributed by atoms with van der Waals surface area (Å²) < 4.78 is 9.61. The van der Waals surface area contributed by atoms with Gasteiger partial charge in [0.2, 0.25) is 0 Å². The number of carbonyl (C=O) groups is 2. The van der Waals surface area contributed by atoms with Crippen molar-refractivity contribution in [1.82, 2.24) is 4.90 Å². The number of rotatable bonds is 8. The quantitative estimate of drug-likeness (QED) is 0.494. The lowest BCUT2D eigenvalue weighted by molar-refractivity contribution is -0.139. The molecule has 0 spiro atoms. The summed E-state index contributed by atoms with van der Waals surface area (Å²) in [5, 5.41) is 0. The first-order valence-corrected chi connectivity index (χ1v) is 8.88. The number of hydrogen-bond donors (Lipinski definition) is 0. The number of carbonyl (C=O) groups excluding carboxylic acids is 2. The van der Waals surface area contributed by atoms with Crippen molar-refractivity contribution in [2.24, 2.45) is 0 Å². The third-order valence-corrected chi connectivity index (χ3v) is 5.31. The molecule has 5 nitrogen and oxygen atoms in total. The SMILES string of the molecule is CCCC(=O)OBOC(=O)CCN(C)C1CSSC1. The van der Waals surface area contributed by atoms with Crippen molar-refractivity contribution in [2.75, 3.05) is 25.1 Å². The molecule has 0 aliphatic carbocycles. The van der Waals surface area contributed by atoms with Crippen molar-refractivity contribution in [3.63, 3.8) is 0 Å². The summed E-state index contributed by atoms with van der Waals surface area (Å²) in [6.07, 6.45) is 1.42. The second-order valence-corrected chi connectivity index (χ2v) is 6.91. The molecule has 0 unspecified atom stereocenters. The zero-order chi connectivity index (χ0) is 14.1. The smallest absolute Gasteiger partial charge is 0.502 e. The highest BCUT2D eigenvalue weighted by molar-refractivity contribution is 8.77. The molecule has 0 aromatic heterocycles. The number of nitrogens with zero attached hydrogens (tertiary/aromatic N) is 1. The Morgan fingerprint density at radius 2 is 1.79 bits per heavy atom. The summed E-state index contributed by atoms with van der Waals surface area (Å²) in [7, 11) is 5.49. The predicted octanol–water partition coefficient (Wildman–Crippen LogP) is 1.22. The average molecular weight is 305 g/mol.